The number of likely N-dealkylation sites (N-methyl/N-ethyl adjacent to an activating group) is 1. The zero-order chi connectivity index (χ0) is 22.1. The number of carbonyl (C=O) groups excluding carboxylic acids is 2. The molecule has 162 valence electrons. The number of carbonyl (C=O) groups is 2. The van der Waals surface area contributed by atoms with E-state index in [4.69, 9.17) is 9.47 Å². The van der Waals surface area contributed by atoms with Crippen LogP contribution in [0.1, 0.15) is 25.0 Å². The highest BCUT2D eigenvalue weighted by molar-refractivity contribution is 5.93. The van der Waals surface area contributed by atoms with Crippen molar-refractivity contribution in [3.05, 3.63) is 47.5 Å². The highest BCUT2D eigenvalue weighted by Crippen LogP contribution is 2.30. The van der Waals surface area contributed by atoms with Crippen molar-refractivity contribution in [1.82, 2.24) is 0 Å². The minimum Gasteiger partial charge on any atom is -0.490 e. The van der Waals surface area contributed by atoms with Crippen molar-refractivity contribution in [2.75, 3.05) is 44.0 Å². The van der Waals surface area contributed by atoms with Crippen LogP contribution in [-0.2, 0) is 9.59 Å². The topological polar surface area (TPSA) is 81.1 Å². The molecule has 0 aromatic heterocycles. The zero-order valence-electron chi connectivity index (χ0n) is 18.4. The molecule has 0 aliphatic carbocycles. The lowest BCUT2D eigenvalue weighted by atomic mass is 10.1. The van der Waals surface area contributed by atoms with Gasteiger partial charge in [-0.3, -0.25) is 9.59 Å². The van der Waals surface area contributed by atoms with Crippen LogP contribution in [-0.4, -0.2) is 45.2 Å². The minimum atomic E-state index is -0.182. The average molecular weight is 415 g/mol. The molecule has 30 heavy (non-hydrogen) atoms. The van der Waals surface area contributed by atoms with Crippen LogP contribution in [0.3, 0.4) is 0 Å². The summed E-state index contributed by atoms with van der Waals surface area (Å²) < 4.78 is 11.1. The van der Waals surface area contributed by atoms with Gasteiger partial charge in [0, 0.05) is 17.4 Å². The van der Waals surface area contributed by atoms with E-state index in [1.807, 2.05) is 46.9 Å². The Morgan fingerprint density at radius 3 is 1.90 bits per heavy atom. The number of nitrogens with one attached hydrogen (secondary N) is 3. The number of hydrogen-bond donors (Lipinski definition) is 3. The van der Waals surface area contributed by atoms with E-state index in [1.165, 1.54) is 0 Å². The van der Waals surface area contributed by atoms with Gasteiger partial charge < -0.3 is 25.0 Å². The molecule has 0 spiro atoms. The maximum Gasteiger partial charge on any atom is 0.279 e. The number of hydrogen-bond acceptors (Lipinski definition) is 4. The third kappa shape index (κ3) is 7.40. The van der Waals surface area contributed by atoms with Crippen molar-refractivity contribution >= 4 is 23.2 Å². The lowest BCUT2D eigenvalue weighted by Gasteiger charge is -2.15. The van der Waals surface area contributed by atoms with Gasteiger partial charge in [-0.1, -0.05) is 6.07 Å². The summed E-state index contributed by atoms with van der Waals surface area (Å²) in [6.45, 7) is 9.16. The van der Waals surface area contributed by atoms with Gasteiger partial charge in [0.05, 0.1) is 20.3 Å². The van der Waals surface area contributed by atoms with Gasteiger partial charge in [-0.15, -0.1) is 0 Å². The smallest absolute Gasteiger partial charge is 0.279 e. The third-order valence-corrected chi connectivity index (χ3v) is 4.26. The van der Waals surface area contributed by atoms with Gasteiger partial charge in [-0.25, -0.2) is 0 Å². The van der Waals surface area contributed by atoms with E-state index in [-0.39, 0.29) is 24.9 Å². The van der Waals surface area contributed by atoms with Gasteiger partial charge in [0.15, 0.2) is 24.6 Å². The molecule has 7 nitrogen and oxygen atoms in total. The van der Waals surface area contributed by atoms with Crippen LogP contribution in [0, 0.1) is 13.8 Å². The van der Waals surface area contributed by atoms with Crippen LogP contribution in [0.25, 0.3) is 0 Å². The normalized spacial score (nSPS) is 11.5. The minimum absolute atomic E-state index is 0.134. The van der Waals surface area contributed by atoms with Crippen molar-refractivity contribution in [2.24, 2.45) is 0 Å². The van der Waals surface area contributed by atoms with Crippen molar-refractivity contribution in [3.63, 3.8) is 0 Å². The molecule has 0 aliphatic heterocycles. The SMILES string of the molecule is CCOc1ccc(NC(=O)C[NH+](C)CC(=O)Nc2cc(C)cc(C)c2)cc1OCC. The van der Waals surface area contributed by atoms with E-state index in [0.717, 1.165) is 21.7 Å². The molecular formula is C23H32N3O4+. The van der Waals surface area contributed by atoms with Gasteiger partial charge in [0.1, 0.15) is 0 Å². The Morgan fingerprint density at radius 1 is 0.800 bits per heavy atom. The summed E-state index contributed by atoms with van der Waals surface area (Å²) >= 11 is 0. The lowest BCUT2D eigenvalue weighted by molar-refractivity contribution is -0.862. The van der Waals surface area contributed by atoms with Crippen LogP contribution in [0.2, 0.25) is 0 Å². The summed E-state index contributed by atoms with van der Waals surface area (Å²) in [5, 5.41) is 5.75. The van der Waals surface area contributed by atoms with Crippen molar-refractivity contribution < 1.29 is 24.0 Å². The molecule has 7 heteroatoms. The highest BCUT2D eigenvalue weighted by atomic mass is 16.5. The molecule has 2 rings (SSSR count). The van der Waals surface area contributed by atoms with E-state index in [0.29, 0.717) is 30.4 Å². The van der Waals surface area contributed by atoms with Crippen LogP contribution < -0.4 is 25.0 Å². The molecule has 2 aromatic rings. The number of aryl methyl sites for hydroxylation is 2. The van der Waals surface area contributed by atoms with Crippen LogP contribution in [0.4, 0.5) is 11.4 Å². The number of ether oxygens (including phenoxy) is 2. The summed E-state index contributed by atoms with van der Waals surface area (Å²) in [5.41, 5.74) is 3.58. The fraction of sp³-hybridized carbons (Fsp3) is 0.391. The summed E-state index contributed by atoms with van der Waals surface area (Å²) in [4.78, 5) is 25.5. The predicted molar refractivity (Wildman–Crippen MR) is 119 cm³/mol. The summed E-state index contributed by atoms with van der Waals surface area (Å²) in [6.07, 6.45) is 0. The Kier molecular flexibility index (Phi) is 8.68. The molecule has 1 unspecified atom stereocenters. The van der Waals surface area contributed by atoms with E-state index in [1.54, 1.807) is 18.2 Å². The fourth-order valence-corrected chi connectivity index (χ4v) is 3.20. The summed E-state index contributed by atoms with van der Waals surface area (Å²) in [5.74, 6) is 0.914. The van der Waals surface area contributed by atoms with E-state index >= 15 is 0 Å². The largest absolute Gasteiger partial charge is 0.490 e. The van der Waals surface area contributed by atoms with Gasteiger partial charge in [0.25, 0.3) is 11.8 Å². The van der Waals surface area contributed by atoms with Crippen molar-refractivity contribution in [2.45, 2.75) is 27.7 Å². The molecule has 0 saturated heterocycles. The first-order valence-electron chi connectivity index (χ1n) is 10.2. The fourth-order valence-electron chi connectivity index (χ4n) is 3.20. The van der Waals surface area contributed by atoms with E-state index in [2.05, 4.69) is 16.7 Å². The standard InChI is InChI=1S/C23H31N3O4/c1-6-29-20-9-8-18(13-21(20)30-7-2)24-22(27)14-26(5)15-23(28)25-19-11-16(3)10-17(4)12-19/h8-13H,6-7,14-15H2,1-5H3,(H,24,27)(H,25,28)/p+1. The summed E-state index contributed by atoms with van der Waals surface area (Å²) in [7, 11) is 1.81. The molecular weight excluding hydrogens is 382 g/mol. The first-order chi connectivity index (χ1) is 14.3. The molecule has 2 amide bonds. The number of quaternary nitrogens is 1. The zero-order valence-corrected chi connectivity index (χ0v) is 18.4. The Hall–Kier alpha value is -3.06. The molecule has 1 atom stereocenters. The molecule has 0 bridgehead atoms. The van der Waals surface area contributed by atoms with Crippen molar-refractivity contribution in [3.8, 4) is 11.5 Å². The quantitative estimate of drug-likeness (QED) is 0.557. The third-order valence-electron chi connectivity index (χ3n) is 4.26. The van der Waals surface area contributed by atoms with Crippen LogP contribution >= 0.6 is 0 Å². The van der Waals surface area contributed by atoms with Gasteiger partial charge in [0.2, 0.25) is 0 Å². The van der Waals surface area contributed by atoms with Crippen LogP contribution in [0.5, 0.6) is 11.5 Å². The Labute approximate surface area is 178 Å². The molecule has 3 N–H and O–H groups in total. The van der Waals surface area contributed by atoms with Crippen LogP contribution in [0.15, 0.2) is 36.4 Å². The maximum atomic E-state index is 12.4. The molecule has 0 heterocycles. The average Bonchev–Trinajstić information content (AvgIpc) is 2.62. The van der Waals surface area contributed by atoms with Gasteiger partial charge >= 0.3 is 0 Å². The Bertz CT molecular complexity index is 862. The Balaban J connectivity index is 1.89. The first kappa shape index (κ1) is 23.2. The Morgan fingerprint density at radius 2 is 1.33 bits per heavy atom. The first-order valence-corrected chi connectivity index (χ1v) is 10.2. The van der Waals surface area contributed by atoms with Crippen molar-refractivity contribution in [1.29, 1.82) is 0 Å². The monoisotopic (exact) mass is 414 g/mol. The maximum absolute atomic E-state index is 12.4. The second-order valence-electron chi connectivity index (χ2n) is 7.31. The second kappa shape index (κ2) is 11.2. The lowest BCUT2D eigenvalue weighted by Crippen LogP contribution is -3.11. The van der Waals surface area contributed by atoms with Gasteiger partial charge in [-0.05, 0) is 63.1 Å². The molecule has 2 aromatic carbocycles. The molecule has 0 radical (unpaired) electrons. The number of rotatable bonds is 10. The number of benzene rings is 2. The predicted octanol–water partition coefficient (Wildman–Crippen LogP) is 2.19. The number of amides is 2. The molecule has 0 fully saturated rings. The summed E-state index contributed by atoms with van der Waals surface area (Å²) in [6, 6.07) is 11.2. The number of anilines is 2. The highest BCUT2D eigenvalue weighted by Gasteiger charge is 2.16. The molecule has 0 saturated carbocycles. The van der Waals surface area contributed by atoms with E-state index < -0.39 is 0 Å². The van der Waals surface area contributed by atoms with E-state index in [9.17, 15) is 9.59 Å². The van der Waals surface area contributed by atoms with Gasteiger partial charge in [-0.2, -0.15) is 0 Å². The second-order valence-corrected chi connectivity index (χ2v) is 7.31. The molecule has 0 aliphatic rings.